The predicted molar refractivity (Wildman–Crippen MR) is 72.0 cm³/mol. The van der Waals surface area contributed by atoms with Gasteiger partial charge in [-0.2, -0.15) is 0 Å². The second-order valence-corrected chi connectivity index (χ2v) is 5.32. The quantitative estimate of drug-likeness (QED) is 0.810. The molecule has 1 fully saturated rings. The van der Waals surface area contributed by atoms with Crippen LogP contribution in [0.4, 0.5) is 0 Å². The molecule has 5 heteroatoms. The molecular weight excluding hydrogens is 298 g/mol. The second-order valence-electron chi connectivity index (χ2n) is 4.46. The van der Waals surface area contributed by atoms with Gasteiger partial charge in [-0.25, -0.2) is 0 Å². The van der Waals surface area contributed by atoms with Crippen molar-refractivity contribution < 1.29 is 19.5 Å². The van der Waals surface area contributed by atoms with Gasteiger partial charge in [0.1, 0.15) is 38.1 Å². The molecule has 1 atom stereocenters. The van der Waals surface area contributed by atoms with Gasteiger partial charge in [-0.3, -0.25) is 0 Å². The minimum Gasteiger partial charge on any atom is -0.489 e. The summed E-state index contributed by atoms with van der Waals surface area (Å²) in [6.07, 6.45) is -0.440. The Kier molecular flexibility index (Phi) is 5.44. The molecule has 0 spiro atoms. The third kappa shape index (κ3) is 4.24. The van der Waals surface area contributed by atoms with Crippen LogP contribution in [-0.4, -0.2) is 50.7 Å². The molecule has 0 saturated carbocycles. The zero-order valence-corrected chi connectivity index (χ0v) is 11.9. The highest BCUT2D eigenvalue weighted by Gasteiger charge is 2.18. The molecule has 2 N–H and O–H groups in total. The molecule has 0 bridgehead atoms. The van der Waals surface area contributed by atoms with Crippen LogP contribution in [0.25, 0.3) is 0 Å². The van der Waals surface area contributed by atoms with E-state index in [1.807, 2.05) is 24.3 Å². The number of nitrogens with one attached hydrogen (secondary N) is 1. The van der Waals surface area contributed by atoms with Crippen molar-refractivity contribution in [1.29, 1.82) is 0 Å². The van der Waals surface area contributed by atoms with Gasteiger partial charge < -0.3 is 19.5 Å². The lowest BCUT2D eigenvalue weighted by molar-refractivity contribution is -0.911. The molecule has 1 aliphatic rings. The number of aliphatic hydroxyl groups is 1. The maximum Gasteiger partial charge on any atom is 0.137 e. The molecule has 18 heavy (non-hydrogen) atoms. The summed E-state index contributed by atoms with van der Waals surface area (Å²) in [5, 5.41) is 9.95. The highest BCUT2D eigenvalue weighted by molar-refractivity contribution is 9.10. The fourth-order valence-corrected chi connectivity index (χ4v) is 2.40. The van der Waals surface area contributed by atoms with Gasteiger partial charge in [0.05, 0.1) is 17.7 Å². The van der Waals surface area contributed by atoms with Crippen LogP contribution >= 0.6 is 15.9 Å². The lowest BCUT2D eigenvalue weighted by Gasteiger charge is -2.25. The van der Waals surface area contributed by atoms with Crippen molar-refractivity contribution in [2.45, 2.75) is 6.10 Å². The van der Waals surface area contributed by atoms with Crippen molar-refractivity contribution in [3.05, 3.63) is 28.7 Å². The molecule has 0 aliphatic carbocycles. The SMILES string of the molecule is O[C@H](COc1ccccc1Br)C[NH+]1CCOCC1. The number of ether oxygens (including phenoxy) is 2. The van der Waals surface area contributed by atoms with Gasteiger partial charge in [-0.05, 0) is 28.1 Å². The molecule has 4 nitrogen and oxygen atoms in total. The number of hydrogen-bond donors (Lipinski definition) is 2. The molecule has 1 aromatic carbocycles. The molecule has 100 valence electrons. The van der Waals surface area contributed by atoms with E-state index in [4.69, 9.17) is 9.47 Å². The number of halogens is 1. The first-order chi connectivity index (χ1) is 8.75. The Balaban J connectivity index is 1.74. The van der Waals surface area contributed by atoms with Gasteiger partial charge in [-0.15, -0.1) is 0 Å². The van der Waals surface area contributed by atoms with Crippen LogP contribution < -0.4 is 9.64 Å². The van der Waals surface area contributed by atoms with Crippen LogP contribution in [0, 0.1) is 0 Å². The predicted octanol–water partition coefficient (Wildman–Crippen LogP) is 0.104. The Morgan fingerprint density at radius 2 is 2.06 bits per heavy atom. The maximum absolute atomic E-state index is 9.95. The number of para-hydroxylation sites is 1. The minimum absolute atomic E-state index is 0.326. The van der Waals surface area contributed by atoms with Crippen LogP contribution in [-0.2, 0) is 4.74 Å². The van der Waals surface area contributed by atoms with E-state index in [2.05, 4.69) is 15.9 Å². The summed E-state index contributed by atoms with van der Waals surface area (Å²) in [5.41, 5.74) is 0. The number of hydrogen-bond acceptors (Lipinski definition) is 3. The van der Waals surface area contributed by atoms with Gasteiger partial charge in [0.25, 0.3) is 0 Å². The summed E-state index contributed by atoms with van der Waals surface area (Å²) in [6.45, 7) is 4.54. The van der Waals surface area contributed by atoms with Crippen molar-refractivity contribution in [1.82, 2.24) is 0 Å². The molecule has 1 aliphatic heterocycles. The van der Waals surface area contributed by atoms with Crippen LogP contribution in [0.15, 0.2) is 28.7 Å². The van der Waals surface area contributed by atoms with E-state index in [9.17, 15) is 5.11 Å². The number of rotatable bonds is 5. The van der Waals surface area contributed by atoms with Crippen molar-refractivity contribution in [2.75, 3.05) is 39.5 Å². The monoisotopic (exact) mass is 316 g/mol. The number of quaternary nitrogens is 1. The van der Waals surface area contributed by atoms with Crippen LogP contribution in [0.2, 0.25) is 0 Å². The third-order valence-electron chi connectivity index (χ3n) is 2.99. The van der Waals surface area contributed by atoms with Gasteiger partial charge in [0.15, 0.2) is 0 Å². The van der Waals surface area contributed by atoms with Gasteiger partial charge in [0, 0.05) is 0 Å². The Morgan fingerprint density at radius 1 is 1.33 bits per heavy atom. The normalized spacial score (nSPS) is 18.6. The maximum atomic E-state index is 9.95. The molecule has 0 amide bonds. The van der Waals surface area contributed by atoms with E-state index in [-0.39, 0.29) is 0 Å². The van der Waals surface area contributed by atoms with E-state index in [0.29, 0.717) is 13.2 Å². The lowest BCUT2D eigenvalue weighted by Crippen LogP contribution is -3.15. The Bertz CT molecular complexity index is 369. The van der Waals surface area contributed by atoms with Crippen molar-refractivity contribution in [3.63, 3.8) is 0 Å². The molecule has 0 radical (unpaired) electrons. The average Bonchev–Trinajstić information content (AvgIpc) is 2.39. The molecule has 0 unspecified atom stereocenters. The molecule has 1 heterocycles. The molecule has 1 saturated heterocycles. The van der Waals surface area contributed by atoms with E-state index < -0.39 is 6.10 Å². The average molecular weight is 317 g/mol. The molecule has 0 aromatic heterocycles. The minimum atomic E-state index is -0.440. The number of morpholine rings is 1. The van der Waals surface area contributed by atoms with Gasteiger partial charge in [-0.1, -0.05) is 12.1 Å². The number of benzene rings is 1. The second kappa shape index (κ2) is 7.09. The largest absolute Gasteiger partial charge is 0.489 e. The summed E-state index contributed by atoms with van der Waals surface area (Å²) < 4.78 is 11.8. The van der Waals surface area contributed by atoms with Gasteiger partial charge >= 0.3 is 0 Å². The highest BCUT2D eigenvalue weighted by Crippen LogP contribution is 2.23. The van der Waals surface area contributed by atoms with E-state index in [1.165, 1.54) is 4.90 Å². The number of aliphatic hydroxyl groups excluding tert-OH is 1. The van der Waals surface area contributed by atoms with Crippen LogP contribution in [0.5, 0.6) is 5.75 Å². The Morgan fingerprint density at radius 3 is 2.78 bits per heavy atom. The smallest absolute Gasteiger partial charge is 0.137 e. The fourth-order valence-electron chi connectivity index (χ4n) is 2.00. The summed E-state index contributed by atoms with van der Waals surface area (Å²) in [7, 11) is 0. The first kappa shape index (κ1) is 13.8. The van der Waals surface area contributed by atoms with Gasteiger partial charge in [0.2, 0.25) is 0 Å². The Hall–Kier alpha value is -0.620. The first-order valence-electron chi connectivity index (χ1n) is 6.22. The van der Waals surface area contributed by atoms with Crippen LogP contribution in [0.3, 0.4) is 0 Å². The van der Waals surface area contributed by atoms with E-state index in [0.717, 1.165) is 36.5 Å². The van der Waals surface area contributed by atoms with Crippen LogP contribution in [0.1, 0.15) is 0 Å². The van der Waals surface area contributed by atoms with Crippen molar-refractivity contribution >= 4 is 15.9 Å². The standard InChI is InChI=1S/C13H18BrNO3/c14-12-3-1-2-4-13(12)18-10-11(16)9-15-5-7-17-8-6-15/h1-4,11,16H,5-10H2/p+1/t11-/m0/s1. The Labute approximate surface area is 116 Å². The van der Waals surface area contributed by atoms with E-state index in [1.54, 1.807) is 0 Å². The first-order valence-corrected chi connectivity index (χ1v) is 7.01. The van der Waals surface area contributed by atoms with Crippen molar-refractivity contribution in [3.8, 4) is 5.75 Å². The summed E-state index contributed by atoms with van der Waals surface area (Å²) in [4.78, 5) is 1.38. The molecule has 1 aromatic rings. The zero-order chi connectivity index (χ0) is 12.8. The molecule has 2 rings (SSSR count). The summed E-state index contributed by atoms with van der Waals surface area (Å²) in [5.74, 6) is 0.772. The topological polar surface area (TPSA) is 43.1 Å². The lowest BCUT2D eigenvalue weighted by atomic mass is 10.3. The summed E-state index contributed by atoms with van der Waals surface area (Å²) >= 11 is 3.42. The fraction of sp³-hybridized carbons (Fsp3) is 0.538. The zero-order valence-electron chi connectivity index (χ0n) is 10.3. The molecular formula is C13H19BrNO3+. The van der Waals surface area contributed by atoms with Crippen molar-refractivity contribution in [2.24, 2.45) is 0 Å². The summed E-state index contributed by atoms with van der Waals surface area (Å²) in [6, 6.07) is 7.66. The van der Waals surface area contributed by atoms with E-state index >= 15 is 0 Å². The highest BCUT2D eigenvalue weighted by atomic mass is 79.9. The third-order valence-corrected chi connectivity index (χ3v) is 3.65.